The summed E-state index contributed by atoms with van der Waals surface area (Å²) in [6.07, 6.45) is 3.18. The predicted octanol–water partition coefficient (Wildman–Crippen LogP) is 0.619. The zero-order valence-corrected chi connectivity index (χ0v) is 18.0. The van der Waals surface area contributed by atoms with Crippen molar-refractivity contribution in [3.63, 3.8) is 0 Å². The van der Waals surface area contributed by atoms with E-state index in [1.165, 1.54) is 0 Å². The molecule has 2 aliphatic rings. The predicted molar refractivity (Wildman–Crippen MR) is 116 cm³/mol. The van der Waals surface area contributed by atoms with Crippen LogP contribution >= 0.6 is 0 Å². The molecule has 0 unspecified atom stereocenters. The van der Waals surface area contributed by atoms with Crippen LogP contribution in [0.15, 0.2) is 24.5 Å². The first-order valence-corrected chi connectivity index (χ1v) is 11.5. The lowest BCUT2D eigenvalue weighted by Gasteiger charge is -2.35. The Hall–Kier alpha value is -2.99. The van der Waals surface area contributed by atoms with Crippen molar-refractivity contribution in [1.29, 1.82) is 0 Å². The van der Waals surface area contributed by atoms with Crippen LogP contribution in [-0.2, 0) is 11.2 Å². The molecule has 0 radical (unpaired) electrons. The van der Waals surface area contributed by atoms with E-state index in [9.17, 15) is 19.5 Å². The number of hydrogen-bond acceptors (Lipinski definition) is 9. The highest BCUT2D eigenvalue weighted by Gasteiger charge is 2.32. The van der Waals surface area contributed by atoms with Crippen molar-refractivity contribution in [1.82, 2.24) is 19.9 Å². The van der Waals surface area contributed by atoms with Gasteiger partial charge in [-0.25, -0.2) is 4.98 Å². The fourth-order valence-electron chi connectivity index (χ4n) is 3.74. The Morgan fingerprint density at radius 3 is 2.42 bits per heavy atom. The van der Waals surface area contributed by atoms with E-state index in [2.05, 4.69) is 15.0 Å². The lowest BCUT2D eigenvalue weighted by atomic mass is 10.2. The van der Waals surface area contributed by atoms with E-state index < -0.39 is 16.1 Å². The van der Waals surface area contributed by atoms with Crippen LogP contribution in [0, 0.1) is 17.0 Å². The van der Waals surface area contributed by atoms with Gasteiger partial charge in [0.15, 0.2) is 0 Å². The molecule has 0 bridgehead atoms. The van der Waals surface area contributed by atoms with Gasteiger partial charge < -0.3 is 19.3 Å². The van der Waals surface area contributed by atoms with Gasteiger partial charge in [0.25, 0.3) is 5.91 Å². The maximum Gasteiger partial charge on any atom is 0.332 e. The molecule has 0 spiro atoms. The van der Waals surface area contributed by atoms with Crippen molar-refractivity contribution in [3.05, 3.63) is 45.9 Å². The molecule has 4 heterocycles. The first-order valence-electron chi connectivity index (χ1n) is 10.0. The largest absolute Gasteiger partial charge is 0.616 e. The number of carbonyl (C=O) groups excluding carboxylic acids is 1. The van der Waals surface area contributed by atoms with E-state index in [4.69, 9.17) is 0 Å². The molecule has 0 saturated carbocycles. The van der Waals surface area contributed by atoms with Gasteiger partial charge in [-0.3, -0.25) is 19.9 Å². The number of piperazine rings is 1. The number of aryl methyl sites for hydroxylation is 1. The van der Waals surface area contributed by atoms with Crippen LogP contribution in [0.5, 0.6) is 0 Å². The van der Waals surface area contributed by atoms with Crippen LogP contribution in [0.1, 0.15) is 16.1 Å². The molecular formula is C19H23N7O4S. The average molecular weight is 446 g/mol. The third kappa shape index (κ3) is 4.54. The molecule has 11 nitrogen and oxygen atoms in total. The molecule has 2 fully saturated rings. The summed E-state index contributed by atoms with van der Waals surface area (Å²) in [5.74, 6) is 1.54. The molecule has 2 aromatic heterocycles. The summed E-state index contributed by atoms with van der Waals surface area (Å²) in [4.78, 5) is 42.3. The molecule has 31 heavy (non-hydrogen) atoms. The second-order valence-corrected chi connectivity index (χ2v) is 9.09. The molecule has 1 amide bonds. The maximum atomic E-state index is 12.6. The van der Waals surface area contributed by atoms with Gasteiger partial charge in [-0.15, -0.1) is 0 Å². The van der Waals surface area contributed by atoms with E-state index in [1.54, 1.807) is 36.4 Å². The normalized spacial score (nSPS) is 17.7. The zero-order chi connectivity index (χ0) is 22.0. The van der Waals surface area contributed by atoms with Gasteiger partial charge >= 0.3 is 5.69 Å². The van der Waals surface area contributed by atoms with Crippen molar-refractivity contribution in [2.75, 3.05) is 60.6 Å². The van der Waals surface area contributed by atoms with Crippen LogP contribution in [-0.4, -0.2) is 86.0 Å². The number of pyridine rings is 1. The molecule has 0 atom stereocenters. The van der Waals surface area contributed by atoms with Crippen molar-refractivity contribution in [3.8, 4) is 0 Å². The second kappa shape index (κ2) is 9.02. The Labute approximate surface area is 182 Å². The molecule has 0 aliphatic carbocycles. The molecular weight excluding hydrogens is 422 g/mol. The molecule has 2 aliphatic heterocycles. The number of carbonyl (C=O) groups is 1. The highest BCUT2D eigenvalue weighted by atomic mass is 32.2. The van der Waals surface area contributed by atoms with E-state index in [-0.39, 0.29) is 17.4 Å². The van der Waals surface area contributed by atoms with Gasteiger partial charge in [0.2, 0.25) is 11.8 Å². The first kappa shape index (κ1) is 21.2. The number of amides is 1. The standard InChI is InChI=1S/C19H23N7O4S/c1-14-16(26(28)29)17(23-9-11-31(30)12-10-23)22-19(21-14)25-7-5-24(6-8-25)18(27)15-3-2-4-20-13-15/h2-4,13H,5-12H2,1H3. The summed E-state index contributed by atoms with van der Waals surface area (Å²) >= 11 is -0.899. The van der Waals surface area contributed by atoms with E-state index in [1.807, 2.05) is 9.80 Å². The molecule has 2 saturated heterocycles. The number of anilines is 2. The third-order valence-corrected chi connectivity index (χ3v) is 6.72. The minimum atomic E-state index is -0.899. The van der Waals surface area contributed by atoms with Gasteiger partial charge in [0, 0.05) is 38.6 Å². The van der Waals surface area contributed by atoms with Crippen molar-refractivity contribution in [2.45, 2.75) is 6.92 Å². The summed E-state index contributed by atoms with van der Waals surface area (Å²) < 4.78 is 11.7. The number of nitro groups is 1. The van der Waals surface area contributed by atoms with E-state index in [0.29, 0.717) is 68.0 Å². The number of hydrogen-bond donors (Lipinski definition) is 0. The maximum absolute atomic E-state index is 12.6. The van der Waals surface area contributed by atoms with Crippen molar-refractivity contribution < 1.29 is 14.3 Å². The summed E-state index contributed by atoms with van der Waals surface area (Å²) in [5, 5.41) is 11.7. The molecule has 4 rings (SSSR count). The third-order valence-electron chi connectivity index (χ3n) is 5.45. The topological polar surface area (TPSA) is 132 Å². The zero-order valence-electron chi connectivity index (χ0n) is 17.1. The van der Waals surface area contributed by atoms with Crippen LogP contribution in [0.2, 0.25) is 0 Å². The Bertz CT molecular complexity index is 961. The van der Waals surface area contributed by atoms with E-state index in [0.717, 1.165) is 0 Å². The van der Waals surface area contributed by atoms with Crippen LogP contribution in [0.25, 0.3) is 0 Å². The Morgan fingerprint density at radius 1 is 1.10 bits per heavy atom. The van der Waals surface area contributed by atoms with Crippen LogP contribution < -0.4 is 9.80 Å². The summed E-state index contributed by atoms with van der Waals surface area (Å²) in [5.41, 5.74) is 0.732. The average Bonchev–Trinajstić information content (AvgIpc) is 2.79. The molecule has 0 aromatic carbocycles. The highest BCUT2D eigenvalue weighted by Crippen LogP contribution is 2.32. The SMILES string of the molecule is Cc1nc(N2CCN(C(=O)c3cccnc3)CC2)nc(N2CC[S+]([O-])CC2)c1[N+](=O)[O-]. The minimum Gasteiger partial charge on any atom is -0.616 e. The van der Waals surface area contributed by atoms with Gasteiger partial charge in [-0.1, -0.05) is 11.2 Å². The smallest absolute Gasteiger partial charge is 0.332 e. The van der Waals surface area contributed by atoms with Crippen molar-refractivity contribution in [2.24, 2.45) is 0 Å². The Morgan fingerprint density at radius 2 is 1.81 bits per heavy atom. The molecule has 2 aromatic rings. The Kier molecular flexibility index (Phi) is 6.18. The number of aromatic nitrogens is 3. The monoisotopic (exact) mass is 445 g/mol. The van der Waals surface area contributed by atoms with Crippen molar-refractivity contribution >= 4 is 34.5 Å². The second-order valence-electron chi connectivity index (χ2n) is 7.39. The molecule has 164 valence electrons. The minimum absolute atomic E-state index is 0.0736. The quantitative estimate of drug-likeness (QED) is 0.377. The van der Waals surface area contributed by atoms with E-state index >= 15 is 0 Å². The summed E-state index contributed by atoms with van der Waals surface area (Å²) in [6.45, 7) is 4.54. The fraction of sp³-hybridized carbons (Fsp3) is 0.474. The van der Waals surface area contributed by atoms with Gasteiger partial charge in [-0.05, 0) is 19.1 Å². The lowest BCUT2D eigenvalue weighted by molar-refractivity contribution is -0.385. The van der Waals surface area contributed by atoms with Gasteiger partial charge in [-0.2, -0.15) is 4.98 Å². The highest BCUT2D eigenvalue weighted by molar-refractivity contribution is 7.91. The van der Waals surface area contributed by atoms with Crippen LogP contribution in [0.3, 0.4) is 0 Å². The number of nitrogens with zero attached hydrogens (tertiary/aromatic N) is 7. The summed E-state index contributed by atoms with van der Waals surface area (Å²) in [7, 11) is 0. The Balaban J connectivity index is 1.52. The molecule has 12 heteroatoms. The lowest BCUT2D eigenvalue weighted by Crippen LogP contribution is -2.49. The summed E-state index contributed by atoms with van der Waals surface area (Å²) in [6, 6.07) is 3.47. The van der Waals surface area contributed by atoms with Gasteiger partial charge in [0.05, 0.1) is 23.6 Å². The van der Waals surface area contributed by atoms with Crippen LogP contribution in [0.4, 0.5) is 17.5 Å². The van der Waals surface area contributed by atoms with Gasteiger partial charge in [0.1, 0.15) is 17.2 Å². The molecule has 0 N–H and O–H groups in total. The fourth-order valence-corrected chi connectivity index (χ4v) is 4.80. The number of rotatable bonds is 4. The first-order chi connectivity index (χ1) is 14.9.